The second-order valence-electron chi connectivity index (χ2n) is 2.38. The van der Waals surface area contributed by atoms with Gasteiger partial charge in [-0.15, -0.1) is 0 Å². The minimum absolute atomic E-state index is 0.218. The van der Waals surface area contributed by atoms with Crippen LogP contribution >= 0.6 is 0 Å². The molecule has 1 aromatic heterocycles. The molecule has 0 saturated heterocycles. The first-order valence-corrected chi connectivity index (χ1v) is 3.68. The van der Waals surface area contributed by atoms with Crippen molar-refractivity contribution < 1.29 is 5.11 Å². The summed E-state index contributed by atoms with van der Waals surface area (Å²) in [5.41, 5.74) is 6.26. The van der Waals surface area contributed by atoms with E-state index in [1.54, 1.807) is 6.33 Å². The second-order valence-corrected chi connectivity index (χ2v) is 2.38. The van der Waals surface area contributed by atoms with Gasteiger partial charge >= 0.3 is 0 Å². The van der Waals surface area contributed by atoms with E-state index in [-0.39, 0.29) is 6.61 Å². The molecule has 0 fully saturated rings. The Bertz CT molecular complexity index is 209. The van der Waals surface area contributed by atoms with E-state index in [9.17, 15) is 0 Å². The molecule has 0 saturated carbocycles. The topological polar surface area (TPSA) is 64.1 Å². The molecule has 11 heavy (non-hydrogen) atoms. The SMILES string of the molecule is NCc1cn(CCCO)cn1. The first kappa shape index (κ1) is 8.23. The van der Waals surface area contributed by atoms with Crippen LogP contribution in [0.25, 0.3) is 0 Å². The number of aryl methyl sites for hydroxylation is 1. The first-order valence-electron chi connectivity index (χ1n) is 3.68. The predicted molar refractivity (Wildman–Crippen MR) is 41.8 cm³/mol. The summed E-state index contributed by atoms with van der Waals surface area (Å²) in [4.78, 5) is 4.04. The highest BCUT2D eigenvalue weighted by Gasteiger charge is 1.94. The molecule has 0 aromatic carbocycles. The zero-order valence-electron chi connectivity index (χ0n) is 6.40. The first-order chi connectivity index (χ1) is 5.36. The Hall–Kier alpha value is -0.870. The van der Waals surface area contributed by atoms with Gasteiger partial charge in [-0.05, 0) is 6.42 Å². The number of hydrogen-bond donors (Lipinski definition) is 2. The third kappa shape index (κ3) is 2.32. The van der Waals surface area contributed by atoms with Crippen molar-refractivity contribution in [3.8, 4) is 0 Å². The molecule has 0 aliphatic rings. The summed E-state index contributed by atoms with van der Waals surface area (Å²) in [6.45, 7) is 1.51. The molecule has 3 N–H and O–H groups in total. The number of aromatic nitrogens is 2. The predicted octanol–water partition coefficient (Wildman–Crippen LogP) is -0.276. The molecule has 1 rings (SSSR count). The molecule has 0 amide bonds. The van der Waals surface area contributed by atoms with Crippen LogP contribution in [0.3, 0.4) is 0 Å². The summed E-state index contributed by atoms with van der Waals surface area (Å²) in [6, 6.07) is 0. The molecule has 0 spiro atoms. The van der Waals surface area contributed by atoms with Gasteiger partial charge in [0.25, 0.3) is 0 Å². The molecule has 62 valence electrons. The smallest absolute Gasteiger partial charge is 0.0949 e. The summed E-state index contributed by atoms with van der Waals surface area (Å²) in [6.07, 6.45) is 4.40. The van der Waals surface area contributed by atoms with Gasteiger partial charge < -0.3 is 15.4 Å². The summed E-state index contributed by atoms with van der Waals surface area (Å²) in [7, 11) is 0. The highest BCUT2D eigenvalue weighted by atomic mass is 16.3. The monoisotopic (exact) mass is 155 g/mol. The normalized spacial score (nSPS) is 10.4. The molecule has 0 radical (unpaired) electrons. The Balaban J connectivity index is 2.44. The lowest BCUT2D eigenvalue weighted by Crippen LogP contribution is -1.98. The molecule has 4 nitrogen and oxygen atoms in total. The molecular weight excluding hydrogens is 142 g/mol. The molecule has 0 atom stereocenters. The van der Waals surface area contributed by atoms with Gasteiger partial charge in [0.2, 0.25) is 0 Å². The van der Waals surface area contributed by atoms with E-state index in [4.69, 9.17) is 10.8 Å². The summed E-state index contributed by atoms with van der Waals surface area (Å²) >= 11 is 0. The molecule has 1 aromatic rings. The van der Waals surface area contributed by atoms with Crippen LogP contribution < -0.4 is 5.73 Å². The zero-order chi connectivity index (χ0) is 8.10. The van der Waals surface area contributed by atoms with Gasteiger partial charge in [0.05, 0.1) is 12.0 Å². The Morgan fingerprint density at radius 1 is 1.64 bits per heavy atom. The van der Waals surface area contributed by atoms with Crippen LogP contribution in [0.15, 0.2) is 12.5 Å². The lowest BCUT2D eigenvalue weighted by molar-refractivity contribution is 0.279. The Labute approximate surface area is 65.7 Å². The fourth-order valence-electron chi connectivity index (χ4n) is 0.887. The van der Waals surface area contributed by atoms with Crippen LogP contribution in [0.5, 0.6) is 0 Å². The standard InChI is InChI=1S/C7H13N3O/c8-4-7-5-10(6-9-7)2-1-3-11/h5-6,11H,1-4,8H2. The summed E-state index contributed by atoms with van der Waals surface area (Å²) in [5, 5.41) is 8.53. The molecule has 0 bridgehead atoms. The van der Waals surface area contributed by atoms with E-state index < -0.39 is 0 Å². The maximum atomic E-state index is 8.53. The van der Waals surface area contributed by atoms with Gasteiger partial charge in [0.1, 0.15) is 0 Å². The quantitative estimate of drug-likeness (QED) is 0.628. The van der Waals surface area contributed by atoms with Gasteiger partial charge in [-0.25, -0.2) is 4.98 Å². The fourth-order valence-corrected chi connectivity index (χ4v) is 0.887. The minimum Gasteiger partial charge on any atom is -0.396 e. The van der Waals surface area contributed by atoms with Gasteiger partial charge in [-0.1, -0.05) is 0 Å². The van der Waals surface area contributed by atoms with Gasteiger partial charge in [0.15, 0.2) is 0 Å². The van der Waals surface area contributed by atoms with Crippen LogP contribution in [0.4, 0.5) is 0 Å². The number of hydrogen-bond acceptors (Lipinski definition) is 3. The van der Waals surface area contributed by atoms with Gasteiger partial charge in [-0.3, -0.25) is 0 Å². The van der Waals surface area contributed by atoms with Crippen molar-refractivity contribution in [2.75, 3.05) is 6.61 Å². The molecule has 1 heterocycles. The van der Waals surface area contributed by atoms with Crippen molar-refractivity contribution in [1.29, 1.82) is 0 Å². The van der Waals surface area contributed by atoms with Crippen LogP contribution in [0, 0.1) is 0 Å². The third-order valence-corrected chi connectivity index (χ3v) is 1.47. The average molecular weight is 155 g/mol. The number of aliphatic hydroxyl groups excluding tert-OH is 1. The van der Waals surface area contributed by atoms with Crippen molar-refractivity contribution in [3.63, 3.8) is 0 Å². The van der Waals surface area contributed by atoms with E-state index in [0.717, 1.165) is 18.7 Å². The van der Waals surface area contributed by atoms with E-state index in [0.29, 0.717) is 6.54 Å². The van der Waals surface area contributed by atoms with E-state index in [2.05, 4.69) is 4.98 Å². The Morgan fingerprint density at radius 2 is 2.45 bits per heavy atom. The lowest BCUT2D eigenvalue weighted by Gasteiger charge is -1.96. The van der Waals surface area contributed by atoms with Crippen LogP contribution in [0.2, 0.25) is 0 Å². The summed E-state index contributed by atoms with van der Waals surface area (Å²) < 4.78 is 1.93. The van der Waals surface area contributed by atoms with Crippen molar-refractivity contribution in [2.45, 2.75) is 19.5 Å². The fraction of sp³-hybridized carbons (Fsp3) is 0.571. The van der Waals surface area contributed by atoms with E-state index in [1.807, 2.05) is 10.8 Å². The van der Waals surface area contributed by atoms with Gasteiger partial charge in [0, 0.05) is 25.9 Å². The number of aliphatic hydroxyl groups is 1. The number of imidazole rings is 1. The highest BCUT2D eigenvalue weighted by molar-refractivity contribution is 4.95. The summed E-state index contributed by atoms with van der Waals surface area (Å²) in [5.74, 6) is 0. The molecule has 0 unspecified atom stereocenters. The second kappa shape index (κ2) is 4.10. The van der Waals surface area contributed by atoms with Crippen LogP contribution in [0.1, 0.15) is 12.1 Å². The van der Waals surface area contributed by atoms with Crippen LogP contribution in [-0.4, -0.2) is 21.3 Å². The van der Waals surface area contributed by atoms with E-state index in [1.165, 1.54) is 0 Å². The third-order valence-electron chi connectivity index (χ3n) is 1.47. The highest BCUT2D eigenvalue weighted by Crippen LogP contribution is 1.95. The van der Waals surface area contributed by atoms with Crippen molar-refractivity contribution in [1.82, 2.24) is 9.55 Å². The van der Waals surface area contributed by atoms with Crippen molar-refractivity contribution in [2.24, 2.45) is 5.73 Å². The molecule has 0 aliphatic carbocycles. The zero-order valence-corrected chi connectivity index (χ0v) is 6.40. The molecule has 0 aliphatic heterocycles. The Morgan fingerprint density at radius 3 is 3.00 bits per heavy atom. The molecule has 4 heteroatoms. The van der Waals surface area contributed by atoms with E-state index >= 15 is 0 Å². The van der Waals surface area contributed by atoms with Crippen LogP contribution in [-0.2, 0) is 13.1 Å². The average Bonchev–Trinajstić information content (AvgIpc) is 2.48. The van der Waals surface area contributed by atoms with Gasteiger partial charge in [-0.2, -0.15) is 0 Å². The number of nitrogens with zero attached hydrogens (tertiary/aromatic N) is 2. The Kier molecular flexibility index (Phi) is 3.07. The minimum atomic E-state index is 0.218. The van der Waals surface area contributed by atoms with Crippen molar-refractivity contribution in [3.05, 3.63) is 18.2 Å². The maximum absolute atomic E-state index is 8.53. The maximum Gasteiger partial charge on any atom is 0.0949 e. The van der Waals surface area contributed by atoms with Crippen molar-refractivity contribution >= 4 is 0 Å². The largest absolute Gasteiger partial charge is 0.396 e. The molecular formula is C7H13N3O. The lowest BCUT2D eigenvalue weighted by atomic mass is 10.4. The number of nitrogens with two attached hydrogens (primary N) is 1. The number of rotatable bonds is 4.